The molecule has 3 rings (SSSR count). The first kappa shape index (κ1) is 18.2. The Bertz CT molecular complexity index is 1010. The molecule has 0 amide bonds. The number of nitro benzene ring substituents is 1. The Kier molecular flexibility index (Phi) is 5.53. The van der Waals surface area contributed by atoms with Crippen molar-refractivity contribution < 1.29 is 19.2 Å². The first-order chi connectivity index (χ1) is 13.0. The average molecular weight is 379 g/mol. The molecule has 1 aromatic heterocycles. The van der Waals surface area contributed by atoms with Gasteiger partial charge in [0.25, 0.3) is 5.69 Å². The Balaban J connectivity index is 1.66. The van der Waals surface area contributed by atoms with E-state index in [2.05, 4.69) is 0 Å². The number of nitro groups is 1. The summed E-state index contributed by atoms with van der Waals surface area (Å²) >= 11 is 1.53. The second kappa shape index (κ2) is 8.20. The van der Waals surface area contributed by atoms with Crippen molar-refractivity contribution >= 4 is 34.9 Å². The number of rotatable bonds is 6. The van der Waals surface area contributed by atoms with E-state index in [1.54, 1.807) is 18.2 Å². The lowest BCUT2D eigenvalue weighted by Gasteiger charge is -2.05. The van der Waals surface area contributed by atoms with Crippen molar-refractivity contribution in [3.05, 3.63) is 98.2 Å². The zero-order valence-corrected chi connectivity index (χ0v) is 14.7. The number of non-ortho nitro benzene ring substituents is 1. The quantitative estimate of drug-likeness (QED) is 0.154. The summed E-state index contributed by atoms with van der Waals surface area (Å²) in [5.74, 6) is -0.638. The lowest BCUT2D eigenvalue weighted by Crippen LogP contribution is -2.09. The predicted molar refractivity (Wildman–Crippen MR) is 102 cm³/mol. The van der Waals surface area contributed by atoms with Gasteiger partial charge in [0.05, 0.1) is 10.5 Å². The van der Waals surface area contributed by atoms with Gasteiger partial charge >= 0.3 is 5.97 Å². The molecule has 0 aliphatic heterocycles. The van der Waals surface area contributed by atoms with E-state index in [0.717, 1.165) is 10.9 Å². The summed E-state index contributed by atoms with van der Waals surface area (Å²) in [5, 5.41) is 12.7. The third kappa shape index (κ3) is 4.74. The predicted octanol–water partition coefficient (Wildman–Crippen LogP) is 4.77. The van der Waals surface area contributed by atoms with Crippen LogP contribution in [-0.2, 0) is 0 Å². The van der Waals surface area contributed by atoms with E-state index in [1.807, 2.05) is 17.5 Å². The third-order valence-electron chi connectivity index (χ3n) is 3.58. The lowest BCUT2D eigenvalue weighted by atomic mass is 10.1. The van der Waals surface area contributed by atoms with Gasteiger partial charge in [-0.1, -0.05) is 12.1 Å². The Morgan fingerprint density at radius 1 is 1.00 bits per heavy atom. The molecule has 0 aliphatic rings. The second-order valence-corrected chi connectivity index (χ2v) is 6.41. The number of ketones is 1. The van der Waals surface area contributed by atoms with E-state index < -0.39 is 10.9 Å². The molecule has 0 atom stereocenters. The molecule has 134 valence electrons. The van der Waals surface area contributed by atoms with Crippen LogP contribution in [0.1, 0.15) is 25.6 Å². The number of hydrogen-bond acceptors (Lipinski definition) is 6. The van der Waals surface area contributed by atoms with E-state index in [0.29, 0.717) is 5.56 Å². The largest absolute Gasteiger partial charge is 0.423 e. The third-order valence-corrected chi connectivity index (χ3v) is 4.42. The molecule has 0 saturated carbocycles. The van der Waals surface area contributed by atoms with Crippen LogP contribution in [0.3, 0.4) is 0 Å². The van der Waals surface area contributed by atoms with Crippen LogP contribution < -0.4 is 4.74 Å². The molecule has 1 heterocycles. The van der Waals surface area contributed by atoms with Crippen molar-refractivity contribution in [3.8, 4) is 5.75 Å². The Hall–Kier alpha value is -3.58. The fourth-order valence-corrected chi connectivity index (χ4v) is 2.86. The molecule has 0 saturated heterocycles. The highest BCUT2D eigenvalue weighted by molar-refractivity contribution is 7.10. The minimum Gasteiger partial charge on any atom is -0.423 e. The van der Waals surface area contributed by atoms with Gasteiger partial charge in [-0.15, -0.1) is 11.3 Å². The highest BCUT2D eigenvalue weighted by Crippen LogP contribution is 2.18. The number of carbonyl (C=O) groups is 2. The first-order valence-electron chi connectivity index (χ1n) is 7.85. The topological polar surface area (TPSA) is 86.5 Å². The van der Waals surface area contributed by atoms with Crippen molar-refractivity contribution in [2.24, 2.45) is 0 Å². The number of benzene rings is 2. The molecule has 0 radical (unpaired) electrons. The van der Waals surface area contributed by atoms with Crippen molar-refractivity contribution in [1.29, 1.82) is 0 Å². The van der Waals surface area contributed by atoms with Gasteiger partial charge in [0.1, 0.15) is 5.75 Å². The maximum Gasteiger partial charge on any atom is 0.343 e. The molecule has 0 bridgehead atoms. The van der Waals surface area contributed by atoms with E-state index >= 15 is 0 Å². The maximum absolute atomic E-state index is 12.1. The van der Waals surface area contributed by atoms with Crippen LogP contribution in [0.4, 0.5) is 5.69 Å². The van der Waals surface area contributed by atoms with E-state index in [9.17, 15) is 19.7 Å². The van der Waals surface area contributed by atoms with E-state index in [4.69, 9.17) is 4.74 Å². The number of ether oxygens (including phenoxy) is 1. The van der Waals surface area contributed by atoms with Gasteiger partial charge in [-0.3, -0.25) is 14.9 Å². The molecule has 7 heteroatoms. The Morgan fingerprint density at radius 2 is 1.78 bits per heavy atom. The molecule has 0 fully saturated rings. The average Bonchev–Trinajstić information content (AvgIpc) is 3.20. The number of esters is 1. The molecule has 0 N–H and O–H groups in total. The molecule has 0 aliphatic carbocycles. The van der Waals surface area contributed by atoms with Crippen molar-refractivity contribution in [3.63, 3.8) is 0 Å². The summed E-state index contributed by atoms with van der Waals surface area (Å²) in [6.45, 7) is 0. The fraction of sp³-hybridized carbons (Fsp3) is 0. The van der Waals surface area contributed by atoms with Crippen LogP contribution in [-0.4, -0.2) is 16.7 Å². The summed E-state index contributed by atoms with van der Waals surface area (Å²) in [4.78, 5) is 35.4. The number of thiophene rings is 1. The number of hydrogen-bond donors (Lipinski definition) is 0. The second-order valence-electron chi connectivity index (χ2n) is 5.43. The van der Waals surface area contributed by atoms with Crippen LogP contribution >= 0.6 is 11.3 Å². The van der Waals surface area contributed by atoms with Gasteiger partial charge in [0.2, 0.25) is 0 Å². The summed E-state index contributed by atoms with van der Waals surface area (Å²) in [5.41, 5.74) is 0.337. The van der Waals surface area contributed by atoms with E-state index in [-0.39, 0.29) is 22.8 Å². The Labute approximate surface area is 158 Å². The summed E-state index contributed by atoms with van der Waals surface area (Å²) in [6.07, 6.45) is 3.22. The molecular formula is C20H13NO5S. The minimum atomic E-state index is -0.713. The number of nitrogens with zero attached hydrogens (tertiary/aromatic N) is 1. The number of carbonyl (C=O) groups excluding carboxylic acids is 2. The zero-order valence-electron chi connectivity index (χ0n) is 13.9. The van der Waals surface area contributed by atoms with E-state index in [1.165, 1.54) is 47.7 Å². The van der Waals surface area contributed by atoms with Crippen molar-refractivity contribution in [1.82, 2.24) is 0 Å². The van der Waals surface area contributed by atoms with Crippen molar-refractivity contribution in [2.75, 3.05) is 0 Å². The molecule has 3 aromatic rings. The van der Waals surface area contributed by atoms with Crippen LogP contribution in [0.5, 0.6) is 5.75 Å². The van der Waals surface area contributed by atoms with Gasteiger partial charge in [-0.25, -0.2) is 4.79 Å². The van der Waals surface area contributed by atoms with Gasteiger partial charge < -0.3 is 4.74 Å². The minimum absolute atomic E-state index is 0.0724. The van der Waals surface area contributed by atoms with Gasteiger partial charge in [-0.05, 0) is 53.9 Å². The smallest absolute Gasteiger partial charge is 0.343 e. The molecule has 6 nitrogen and oxygen atoms in total. The lowest BCUT2D eigenvalue weighted by molar-refractivity contribution is -0.384. The van der Waals surface area contributed by atoms with Gasteiger partial charge in [0.15, 0.2) is 5.78 Å². The highest BCUT2D eigenvalue weighted by Gasteiger charge is 2.13. The van der Waals surface area contributed by atoms with Crippen LogP contribution in [0, 0.1) is 10.1 Å². The zero-order chi connectivity index (χ0) is 19.2. The van der Waals surface area contributed by atoms with Crippen LogP contribution in [0.2, 0.25) is 0 Å². The number of allylic oxidation sites excluding steroid dienone is 1. The van der Waals surface area contributed by atoms with Crippen molar-refractivity contribution in [2.45, 2.75) is 0 Å². The maximum atomic E-state index is 12.1. The Morgan fingerprint density at radius 3 is 2.44 bits per heavy atom. The molecule has 0 spiro atoms. The molecular weight excluding hydrogens is 366 g/mol. The van der Waals surface area contributed by atoms with Gasteiger partial charge in [-0.2, -0.15) is 0 Å². The summed E-state index contributed by atoms with van der Waals surface area (Å²) < 4.78 is 5.20. The summed E-state index contributed by atoms with van der Waals surface area (Å²) in [6, 6.07) is 15.2. The van der Waals surface area contributed by atoms with Crippen LogP contribution in [0.25, 0.3) is 6.08 Å². The first-order valence-corrected chi connectivity index (χ1v) is 8.73. The molecule has 27 heavy (non-hydrogen) atoms. The SMILES string of the molecule is O=C(/C=C/c1cccs1)c1ccc(OC(=O)c2cccc([N+](=O)[O-])c2)cc1. The van der Waals surface area contributed by atoms with Crippen LogP contribution in [0.15, 0.2) is 72.1 Å². The normalized spacial score (nSPS) is 10.7. The van der Waals surface area contributed by atoms with Gasteiger partial charge in [0, 0.05) is 22.6 Å². The molecule has 0 unspecified atom stereocenters. The summed E-state index contributed by atoms with van der Waals surface area (Å²) in [7, 11) is 0. The standard InChI is InChI=1S/C20H13NO5S/c22-19(11-10-18-5-2-12-27-18)14-6-8-17(9-7-14)26-20(23)15-3-1-4-16(13-15)21(24)25/h1-13H/b11-10+. The monoisotopic (exact) mass is 379 g/mol. The molecule has 2 aromatic carbocycles. The highest BCUT2D eigenvalue weighted by atomic mass is 32.1. The fourth-order valence-electron chi connectivity index (χ4n) is 2.24.